The summed E-state index contributed by atoms with van der Waals surface area (Å²) in [5, 5.41) is 13.3. The third-order valence-corrected chi connectivity index (χ3v) is 4.38. The first-order valence-electron chi connectivity index (χ1n) is 7.93. The zero-order valence-corrected chi connectivity index (χ0v) is 15.7. The quantitative estimate of drug-likeness (QED) is 0.626. The molecule has 132 valence electrons. The number of hydrogen-bond acceptors (Lipinski definition) is 5. The highest BCUT2D eigenvalue weighted by molar-refractivity contribution is 7.80. The molecule has 2 aromatic carbocycles. The van der Waals surface area contributed by atoms with Crippen molar-refractivity contribution in [2.45, 2.75) is 0 Å². The number of benzodiazepines with no additional fused rings is 1. The average molecular weight is 386 g/mol. The third-order valence-electron chi connectivity index (χ3n) is 3.82. The fourth-order valence-electron chi connectivity index (χ4n) is 2.63. The number of hydrogen-bond donors (Lipinski definition) is 1. The van der Waals surface area contributed by atoms with Gasteiger partial charge in [0.1, 0.15) is 23.4 Å². The van der Waals surface area contributed by atoms with Crippen LogP contribution in [0.1, 0.15) is 16.7 Å². The molecule has 0 atom stereocenters. The number of methoxy groups -OCH3 is 1. The maximum absolute atomic E-state index is 9.54. The molecular weight excluding hydrogens is 370 g/mol. The number of nitrogens with one attached hydrogen (secondary N) is 1. The number of ether oxygens (including phenoxy) is 2. The Morgan fingerprint density at radius 3 is 2.81 bits per heavy atom. The van der Waals surface area contributed by atoms with Crippen LogP contribution in [0.15, 0.2) is 41.4 Å². The minimum Gasteiger partial charge on any atom is -0.490 e. The maximum atomic E-state index is 9.54. The summed E-state index contributed by atoms with van der Waals surface area (Å²) in [5.41, 5.74) is 3.39. The minimum atomic E-state index is 0.340. The highest BCUT2D eigenvalue weighted by Crippen LogP contribution is 2.32. The van der Waals surface area contributed by atoms with Crippen LogP contribution in [-0.4, -0.2) is 37.6 Å². The highest BCUT2D eigenvalue weighted by Gasteiger charge is 2.21. The first kappa shape index (κ1) is 18.3. The lowest BCUT2D eigenvalue weighted by Gasteiger charge is -2.15. The lowest BCUT2D eigenvalue weighted by atomic mass is 9.98. The van der Waals surface area contributed by atoms with E-state index < -0.39 is 0 Å². The van der Waals surface area contributed by atoms with Crippen molar-refractivity contribution in [2.75, 3.05) is 32.2 Å². The summed E-state index contributed by atoms with van der Waals surface area (Å²) in [5.74, 6) is 0.471. The largest absolute Gasteiger partial charge is 0.490 e. The summed E-state index contributed by atoms with van der Waals surface area (Å²) in [6, 6.07) is 13.2. The van der Waals surface area contributed by atoms with Crippen molar-refractivity contribution in [3.8, 4) is 11.8 Å². The van der Waals surface area contributed by atoms with E-state index in [2.05, 4.69) is 16.4 Å². The summed E-state index contributed by atoms with van der Waals surface area (Å²) in [4.78, 5) is 5.20. The number of halogens is 1. The predicted octanol–water partition coefficient (Wildman–Crippen LogP) is 3.83. The van der Waals surface area contributed by atoms with Crippen LogP contribution < -0.4 is 10.1 Å². The van der Waals surface area contributed by atoms with Crippen LogP contribution in [-0.2, 0) is 4.74 Å². The van der Waals surface area contributed by atoms with Gasteiger partial charge in [-0.1, -0.05) is 42.0 Å². The van der Waals surface area contributed by atoms with E-state index in [1.54, 1.807) is 19.2 Å². The van der Waals surface area contributed by atoms with Crippen LogP contribution in [0.3, 0.4) is 0 Å². The lowest BCUT2D eigenvalue weighted by molar-refractivity contribution is 0.146. The van der Waals surface area contributed by atoms with Gasteiger partial charge >= 0.3 is 0 Å². The van der Waals surface area contributed by atoms with E-state index in [1.165, 1.54) is 0 Å². The zero-order chi connectivity index (χ0) is 18.5. The molecule has 26 heavy (non-hydrogen) atoms. The van der Waals surface area contributed by atoms with Crippen LogP contribution in [0, 0.1) is 11.3 Å². The Morgan fingerprint density at radius 1 is 1.27 bits per heavy atom. The molecule has 1 aliphatic heterocycles. The molecule has 0 bridgehead atoms. The minimum absolute atomic E-state index is 0.340. The van der Waals surface area contributed by atoms with Crippen LogP contribution >= 0.6 is 23.8 Å². The molecule has 0 saturated heterocycles. The molecule has 0 aliphatic carbocycles. The third kappa shape index (κ3) is 3.86. The molecule has 5 nitrogen and oxygen atoms in total. The van der Waals surface area contributed by atoms with Crippen molar-refractivity contribution in [3.63, 3.8) is 0 Å². The smallest absolute Gasteiger partial charge is 0.139 e. The van der Waals surface area contributed by atoms with Crippen LogP contribution in [0.2, 0.25) is 5.02 Å². The molecule has 0 unspecified atom stereocenters. The SMILES string of the molecule is COCCOc1cc2c(cc1C#N)C(c1ccccc1Cl)=NCC(=S)N2. The second-order valence-electron chi connectivity index (χ2n) is 5.54. The molecular formula is C19H16ClN3O2S. The van der Waals surface area contributed by atoms with Crippen molar-refractivity contribution in [3.05, 3.63) is 58.1 Å². The molecule has 0 amide bonds. The van der Waals surface area contributed by atoms with Gasteiger partial charge in [0, 0.05) is 29.3 Å². The maximum Gasteiger partial charge on any atom is 0.139 e. The van der Waals surface area contributed by atoms with Gasteiger partial charge in [0.15, 0.2) is 0 Å². The van der Waals surface area contributed by atoms with Gasteiger partial charge in [-0.25, -0.2) is 0 Å². The number of rotatable bonds is 5. The summed E-state index contributed by atoms with van der Waals surface area (Å²) in [7, 11) is 1.60. The predicted molar refractivity (Wildman–Crippen MR) is 107 cm³/mol. The molecule has 2 aromatic rings. The Bertz CT molecular complexity index is 921. The first-order chi connectivity index (χ1) is 12.6. The van der Waals surface area contributed by atoms with Gasteiger partial charge in [-0.15, -0.1) is 0 Å². The highest BCUT2D eigenvalue weighted by atomic mass is 35.5. The van der Waals surface area contributed by atoms with Gasteiger partial charge in [-0.3, -0.25) is 4.99 Å². The first-order valence-corrected chi connectivity index (χ1v) is 8.72. The fourth-order valence-corrected chi connectivity index (χ4v) is 3.03. The van der Waals surface area contributed by atoms with Gasteiger partial charge in [-0.05, 0) is 12.1 Å². The monoisotopic (exact) mass is 385 g/mol. The normalized spacial score (nSPS) is 13.1. The second-order valence-corrected chi connectivity index (χ2v) is 6.44. The van der Waals surface area contributed by atoms with Crippen molar-refractivity contribution in [2.24, 2.45) is 4.99 Å². The number of thiocarbonyl (C=S) groups is 1. The summed E-state index contributed by atoms with van der Waals surface area (Å²) < 4.78 is 10.7. The Morgan fingerprint density at radius 2 is 2.08 bits per heavy atom. The number of benzene rings is 2. The number of fused-ring (bicyclic) bond motifs is 1. The van der Waals surface area contributed by atoms with E-state index in [1.807, 2.05) is 24.3 Å². The molecule has 0 aromatic heterocycles. The van der Waals surface area contributed by atoms with Crippen LogP contribution in [0.5, 0.6) is 5.75 Å². The Kier molecular flexibility index (Phi) is 5.84. The van der Waals surface area contributed by atoms with E-state index in [-0.39, 0.29) is 0 Å². The van der Waals surface area contributed by atoms with Gasteiger partial charge in [0.25, 0.3) is 0 Å². The topological polar surface area (TPSA) is 66.6 Å². The van der Waals surface area contributed by atoms with Gasteiger partial charge < -0.3 is 14.8 Å². The van der Waals surface area contributed by atoms with Crippen molar-refractivity contribution < 1.29 is 9.47 Å². The second kappa shape index (κ2) is 8.28. The van der Waals surface area contributed by atoms with Crippen molar-refractivity contribution in [1.82, 2.24) is 0 Å². The molecule has 0 saturated carbocycles. The van der Waals surface area contributed by atoms with E-state index in [4.69, 9.17) is 33.3 Å². The van der Waals surface area contributed by atoms with E-state index >= 15 is 0 Å². The van der Waals surface area contributed by atoms with Gasteiger partial charge in [0.2, 0.25) is 0 Å². The summed E-state index contributed by atoms with van der Waals surface area (Å²) >= 11 is 11.7. The van der Waals surface area contributed by atoms with Crippen molar-refractivity contribution >= 4 is 40.2 Å². The molecule has 3 rings (SSSR count). The number of nitrogens with zero attached hydrogens (tertiary/aromatic N) is 2. The number of anilines is 1. The lowest BCUT2D eigenvalue weighted by Crippen LogP contribution is -2.12. The molecule has 1 heterocycles. The Hall–Kier alpha value is -2.46. The van der Waals surface area contributed by atoms with E-state index in [0.717, 1.165) is 16.8 Å². The Labute approximate surface area is 162 Å². The van der Waals surface area contributed by atoms with Gasteiger partial charge in [-0.2, -0.15) is 5.26 Å². The standard InChI is InChI=1S/C19H16ClN3O2S/c1-24-6-7-25-17-9-16-14(8-12(17)10-21)19(22-11-18(26)23-16)13-4-2-3-5-15(13)20/h2-5,8-9H,6-7,11H2,1H3,(H,23,26). The molecule has 7 heteroatoms. The van der Waals surface area contributed by atoms with Crippen LogP contribution in [0.25, 0.3) is 0 Å². The average Bonchev–Trinajstić information content (AvgIpc) is 2.79. The summed E-state index contributed by atoms with van der Waals surface area (Å²) in [6.45, 7) is 1.12. The molecule has 0 spiro atoms. The fraction of sp³-hybridized carbons (Fsp3) is 0.211. The number of aliphatic imine (C=N–C) groups is 1. The molecule has 0 radical (unpaired) electrons. The number of nitriles is 1. The zero-order valence-electron chi connectivity index (χ0n) is 14.1. The van der Waals surface area contributed by atoms with Crippen molar-refractivity contribution in [1.29, 1.82) is 5.26 Å². The van der Waals surface area contributed by atoms with Crippen LogP contribution in [0.4, 0.5) is 5.69 Å². The molecule has 1 N–H and O–H groups in total. The molecule has 0 fully saturated rings. The van der Waals surface area contributed by atoms with E-state index in [0.29, 0.717) is 46.8 Å². The van der Waals surface area contributed by atoms with Gasteiger partial charge in [0.05, 0.1) is 30.1 Å². The molecule has 1 aliphatic rings. The van der Waals surface area contributed by atoms with E-state index in [9.17, 15) is 5.26 Å². The Balaban J connectivity index is 2.11. The summed E-state index contributed by atoms with van der Waals surface area (Å²) in [6.07, 6.45) is 0.